The van der Waals surface area contributed by atoms with Gasteiger partial charge in [0.15, 0.2) is 0 Å². The van der Waals surface area contributed by atoms with E-state index in [9.17, 15) is 14.9 Å². The van der Waals surface area contributed by atoms with E-state index in [1.165, 1.54) is 0 Å². The van der Waals surface area contributed by atoms with Gasteiger partial charge in [-0.25, -0.2) is 0 Å². The van der Waals surface area contributed by atoms with Crippen LogP contribution in [0.25, 0.3) is 0 Å². The molecular formula is C21H26N4O2S. The molecule has 4 rings (SSSR count). The summed E-state index contributed by atoms with van der Waals surface area (Å²) in [6.07, 6.45) is 3.47. The third kappa shape index (κ3) is 3.40. The molecule has 0 aromatic heterocycles. The lowest BCUT2D eigenvalue weighted by atomic mass is 9.84. The molecule has 7 heteroatoms. The van der Waals surface area contributed by atoms with Gasteiger partial charge < -0.3 is 15.5 Å². The predicted octanol–water partition coefficient (Wildman–Crippen LogP) is 2.13. The molecule has 2 bridgehead atoms. The van der Waals surface area contributed by atoms with E-state index in [0.717, 1.165) is 36.8 Å². The lowest BCUT2D eigenvalue weighted by Crippen LogP contribution is -2.55. The quantitative estimate of drug-likeness (QED) is 0.842. The minimum atomic E-state index is -0.589. The summed E-state index contributed by atoms with van der Waals surface area (Å²) in [5.41, 5.74) is 8.24. The number of hydrogen-bond donors (Lipinski definition) is 1. The Morgan fingerprint density at radius 1 is 1.21 bits per heavy atom. The van der Waals surface area contributed by atoms with E-state index in [4.69, 9.17) is 5.73 Å². The summed E-state index contributed by atoms with van der Waals surface area (Å²) < 4.78 is 0. The number of hydrogen-bond acceptors (Lipinski definition) is 5. The van der Waals surface area contributed by atoms with Crippen molar-refractivity contribution in [2.24, 2.45) is 11.7 Å². The highest BCUT2D eigenvalue weighted by molar-refractivity contribution is 7.99. The van der Waals surface area contributed by atoms with Gasteiger partial charge in [0, 0.05) is 23.4 Å². The molecule has 2 unspecified atom stereocenters. The van der Waals surface area contributed by atoms with Crippen LogP contribution in [-0.2, 0) is 4.79 Å². The summed E-state index contributed by atoms with van der Waals surface area (Å²) in [6, 6.07) is 9.27. The average molecular weight is 399 g/mol. The predicted molar refractivity (Wildman–Crippen MR) is 108 cm³/mol. The maximum absolute atomic E-state index is 13.1. The average Bonchev–Trinajstić information content (AvgIpc) is 3.28. The molecule has 0 radical (unpaired) electrons. The summed E-state index contributed by atoms with van der Waals surface area (Å²) >= 11 is 1.60. The second-order valence-electron chi connectivity index (χ2n) is 8.17. The molecule has 3 heterocycles. The van der Waals surface area contributed by atoms with Gasteiger partial charge in [-0.2, -0.15) is 5.26 Å². The lowest BCUT2D eigenvalue weighted by molar-refractivity contribution is -0.134. The maximum Gasteiger partial charge on any atom is 0.254 e. The molecule has 2 N–H and O–H groups in total. The number of nitriles is 1. The SMILES string of the molecule is Cc1ccc(C(=O)N2C3CCC2CC([C@H](N)C(=O)N2CSC[C@@H]2C#N)C3)cc1. The molecule has 0 saturated carbocycles. The number of carbonyl (C=O) groups is 2. The molecule has 3 fully saturated rings. The van der Waals surface area contributed by atoms with Crippen LogP contribution in [0.3, 0.4) is 0 Å². The van der Waals surface area contributed by atoms with Crippen molar-refractivity contribution < 1.29 is 9.59 Å². The van der Waals surface area contributed by atoms with Gasteiger partial charge in [0.05, 0.1) is 18.0 Å². The number of carbonyl (C=O) groups excluding carboxylic acids is 2. The molecule has 28 heavy (non-hydrogen) atoms. The zero-order valence-electron chi connectivity index (χ0n) is 16.1. The van der Waals surface area contributed by atoms with E-state index < -0.39 is 6.04 Å². The van der Waals surface area contributed by atoms with Crippen LogP contribution in [0, 0.1) is 24.2 Å². The zero-order chi connectivity index (χ0) is 19.8. The summed E-state index contributed by atoms with van der Waals surface area (Å²) in [5.74, 6) is 1.24. The monoisotopic (exact) mass is 398 g/mol. The van der Waals surface area contributed by atoms with E-state index in [-0.39, 0.29) is 35.9 Å². The molecule has 3 aliphatic heterocycles. The van der Waals surface area contributed by atoms with Crippen molar-refractivity contribution in [1.29, 1.82) is 5.26 Å². The zero-order valence-corrected chi connectivity index (χ0v) is 16.9. The fourth-order valence-electron chi connectivity index (χ4n) is 4.85. The molecule has 3 saturated heterocycles. The molecule has 148 valence electrons. The van der Waals surface area contributed by atoms with Gasteiger partial charge in [-0.1, -0.05) is 17.7 Å². The molecule has 1 aromatic rings. The van der Waals surface area contributed by atoms with Crippen molar-refractivity contribution >= 4 is 23.6 Å². The van der Waals surface area contributed by atoms with Crippen LogP contribution in [0.2, 0.25) is 0 Å². The second kappa shape index (κ2) is 7.76. The van der Waals surface area contributed by atoms with Crippen molar-refractivity contribution in [2.75, 3.05) is 11.6 Å². The summed E-state index contributed by atoms with van der Waals surface area (Å²) in [7, 11) is 0. The number of piperidine rings is 1. The molecule has 6 nitrogen and oxygen atoms in total. The molecule has 0 aliphatic carbocycles. The highest BCUT2D eigenvalue weighted by Crippen LogP contribution is 2.41. The number of benzene rings is 1. The van der Waals surface area contributed by atoms with Crippen molar-refractivity contribution in [3.05, 3.63) is 35.4 Å². The van der Waals surface area contributed by atoms with E-state index in [2.05, 4.69) is 6.07 Å². The first-order valence-electron chi connectivity index (χ1n) is 9.92. The minimum absolute atomic E-state index is 0.0667. The van der Waals surface area contributed by atoms with Crippen LogP contribution in [0.4, 0.5) is 0 Å². The Hall–Kier alpha value is -2.04. The third-order valence-electron chi connectivity index (χ3n) is 6.41. The van der Waals surface area contributed by atoms with E-state index in [1.807, 2.05) is 36.1 Å². The number of aryl methyl sites for hydroxylation is 1. The number of nitrogens with zero attached hydrogens (tertiary/aromatic N) is 3. The Bertz CT molecular complexity index is 792. The molecule has 0 spiro atoms. The van der Waals surface area contributed by atoms with Crippen LogP contribution in [-0.4, -0.2) is 57.4 Å². The van der Waals surface area contributed by atoms with Gasteiger partial charge in [-0.15, -0.1) is 11.8 Å². The molecule has 1 aromatic carbocycles. The standard InChI is InChI=1S/C21H26N4O2S/c1-13-2-4-14(5-3-13)20(26)25-16-6-7-17(25)9-15(8-16)19(23)21(27)24-12-28-11-18(24)10-22/h2-5,15-19H,6-9,11-12,23H2,1H3/t15?,16?,17?,18-,19-/m0/s1. The Labute approximate surface area is 170 Å². The first-order valence-corrected chi connectivity index (χ1v) is 11.1. The summed E-state index contributed by atoms with van der Waals surface area (Å²) in [6.45, 7) is 2.01. The topological polar surface area (TPSA) is 90.4 Å². The van der Waals surface area contributed by atoms with Crippen LogP contribution in [0.15, 0.2) is 24.3 Å². The van der Waals surface area contributed by atoms with Crippen LogP contribution in [0.1, 0.15) is 41.6 Å². The number of nitrogens with two attached hydrogens (primary N) is 1. The van der Waals surface area contributed by atoms with Gasteiger partial charge in [-0.05, 0) is 50.7 Å². The van der Waals surface area contributed by atoms with Gasteiger partial charge >= 0.3 is 0 Å². The second-order valence-corrected chi connectivity index (χ2v) is 9.17. The number of amides is 2. The first kappa shape index (κ1) is 19.3. The van der Waals surface area contributed by atoms with E-state index in [0.29, 0.717) is 11.6 Å². The molecule has 3 aliphatic rings. The lowest BCUT2D eigenvalue weighted by Gasteiger charge is -2.41. The number of rotatable bonds is 3. The summed E-state index contributed by atoms with van der Waals surface area (Å²) in [5, 5.41) is 9.25. The maximum atomic E-state index is 13.1. The highest BCUT2D eigenvalue weighted by atomic mass is 32.2. The Balaban J connectivity index is 1.45. The van der Waals surface area contributed by atoms with Gasteiger partial charge in [0.25, 0.3) is 5.91 Å². The van der Waals surface area contributed by atoms with E-state index in [1.54, 1.807) is 16.7 Å². The molecular weight excluding hydrogens is 372 g/mol. The van der Waals surface area contributed by atoms with Crippen LogP contribution < -0.4 is 5.73 Å². The smallest absolute Gasteiger partial charge is 0.254 e. The molecule has 2 amide bonds. The van der Waals surface area contributed by atoms with Crippen molar-refractivity contribution in [2.45, 2.75) is 56.8 Å². The summed E-state index contributed by atoms with van der Waals surface area (Å²) in [4.78, 5) is 29.6. The van der Waals surface area contributed by atoms with Crippen molar-refractivity contribution in [1.82, 2.24) is 9.80 Å². The Morgan fingerprint density at radius 3 is 2.46 bits per heavy atom. The Kier molecular flexibility index (Phi) is 5.35. The van der Waals surface area contributed by atoms with Crippen LogP contribution in [0.5, 0.6) is 0 Å². The van der Waals surface area contributed by atoms with Crippen LogP contribution >= 0.6 is 11.8 Å². The van der Waals surface area contributed by atoms with Crippen molar-refractivity contribution in [3.8, 4) is 6.07 Å². The van der Waals surface area contributed by atoms with Gasteiger partial charge in [0.1, 0.15) is 6.04 Å². The van der Waals surface area contributed by atoms with Gasteiger partial charge in [-0.3, -0.25) is 9.59 Å². The third-order valence-corrected chi connectivity index (χ3v) is 7.42. The van der Waals surface area contributed by atoms with E-state index >= 15 is 0 Å². The normalized spacial score (nSPS) is 30.2. The fourth-order valence-corrected chi connectivity index (χ4v) is 5.94. The first-order chi connectivity index (χ1) is 13.5. The fraction of sp³-hybridized carbons (Fsp3) is 0.571. The largest absolute Gasteiger partial charge is 0.333 e. The number of fused-ring (bicyclic) bond motifs is 2. The highest BCUT2D eigenvalue weighted by Gasteiger charge is 2.47. The van der Waals surface area contributed by atoms with Gasteiger partial charge in [0.2, 0.25) is 5.91 Å². The minimum Gasteiger partial charge on any atom is -0.333 e. The van der Waals surface area contributed by atoms with Crippen molar-refractivity contribution in [3.63, 3.8) is 0 Å². The molecule has 4 atom stereocenters. The Morgan fingerprint density at radius 2 is 1.86 bits per heavy atom. The number of thioether (sulfide) groups is 1.